The van der Waals surface area contributed by atoms with Gasteiger partial charge in [0.2, 0.25) is 0 Å². The maximum Gasteiger partial charge on any atom is 0.254 e. The third-order valence-corrected chi connectivity index (χ3v) is 4.03. The van der Waals surface area contributed by atoms with Crippen molar-refractivity contribution >= 4 is 17.5 Å². The van der Waals surface area contributed by atoms with Crippen molar-refractivity contribution in [3.63, 3.8) is 0 Å². The molecular weight excluding hydrogens is 285 g/mol. The Hall–Kier alpha value is -1.33. The summed E-state index contributed by atoms with van der Waals surface area (Å²) >= 11 is 5.70. The summed E-state index contributed by atoms with van der Waals surface area (Å²) in [5, 5.41) is 9.12. The fraction of sp³-hybridized carbons (Fsp3) is 0.500. The van der Waals surface area contributed by atoms with Crippen LogP contribution in [0.15, 0.2) is 12.1 Å². The lowest BCUT2D eigenvalue weighted by molar-refractivity contribution is -0.00158. The molecule has 1 aliphatic rings. The number of halogens is 2. The van der Waals surface area contributed by atoms with Crippen molar-refractivity contribution in [1.29, 1.82) is 0 Å². The molecule has 1 heterocycles. The number of methoxy groups -OCH3 is 1. The molecule has 1 fully saturated rings. The SMILES string of the molecule is CO[C@@H]1CN(C(=O)c2cc(F)c(O)c(Cl)c2)CC[C@H]1C. The zero-order valence-electron chi connectivity index (χ0n) is 11.4. The molecule has 4 nitrogen and oxygen atoms in total. The lowest BCUT2D eigenvalue weighted by atomic mass is 9.95. The number of hydrogen-bond acceptors (Lipinski definition) is 3. The number of likely N-dealkylation sites (tertiary alicyclic amines) is 1. The second kappa shape index (κ2) is 5.97. The standard InChI is InChI=1S/C14H17ClFNO3/c1-8-3-4-17(7-12(8)20-2)14(19)9-5-10(15)13(18)11(16)6-9/h5-6,8,12,18H,3-4,7H2,1-2H3/t8-,12-/m1/s1. The molecule has 0 aromatic heterocycles. The number of carbonyl (C=O) groups excluding carboxylic acids is 1. The van der Waals surface area contributed by atoms with Crippen LogP contribution in [0.5, 0.6) is 5.75 Å². The number of benzene rings is 1. The van der Waals surface area contributed by atoms with E-state index >= 15 is 0 Å². The lowest BCUT2D eigenvalue weighted by Crippen LogP contribution is -2.46. The molecule has 110 valence electrons. The Labute approximate surface area is 122 Å². The third kappa shape index (κ3) is 2.88. The minimum Gasteiger partial charge on any atom is -0.504 e. The molecule has 1 aromatic rings. The normalized spacial score (nSPS) is 22.9. The van der Waals surface area contributed by atoms with Crippen LogP contribution in [0.4, 0.5) is 4.39 Å². The monoisotopic (exact) mass is 301 g/mol. The fourth-order valence-electron chi connectivity index (χ4n) is 2.40. The van der Waals surface area contributed by atoms with Crippen LogP contribution in [-0.4, -0.2) is 42.2 Å². The third-order valence-electron chi connectivity index (χ3n) is 3.74. The molecule has 20 heavy (non-hydrogen) atoms. The van der Waals surface area contributed by atoms with Gasteiger partial charge >= 0.3 is 0 Å². The minimum absolute atomic E-state index is 0.0230. The molecule has 1 amide bonds. The summed E-state index contributed by atoms with van der Waals surface area (Å²) in [6.07, 6.45) is 0.809. The van der Waals surface area contributed by atoms with E-state index in [1.54, 1.807) is 12.0 Å². The van der Waals surface area contributed by atoms with E-state index in [4.69, 9.17) is 16.3 Å². The smallest absolute Gasteiger partial charge is 0.254 e. The number of piperidine rings is 1. The van der Waals surface area contributed by atoms with E-state index in [1.165, 1.54) is 6.07 Å². The molecule has 1 aliphatic heterocycles. The summed E-state index contributed by atoms with van der Waals surface area (Å²) in [4.78, 5) is 14.0. The van der Waals surface area contributed by atoms with Crippen LogP contribution in [0.25, 0.3) is 0 Å². The molecule has 0 unspecified atom stereocenters. The zero-order chi connectivity index (χ0) is 14.9. The van der Waals surface area contributed by atoms with Gasteiger partial charge in [0, 0.05) is 25.8 Å². The van der Waals surface area contributed by atoms with Crippen molar-refractivity contribution in [1.82, 2.24) is 4.90 Å². The Morgan fingerprint density at radius 2 is 2.25 bits per heavy atom. The molecule has 1 saturated heterocycles. The Kier molecular flexibility index (Phi) is 4.50. The second-order valence-corrected chi connectivity index (χ2v) is 5.49. The minimum atomic E-state index is -0.894. The predicted octanol–water partition coefficient (Wildman–Crippen LogP) is 2.68. The van der Waals surface area contributed by atoms with E-state index in [-0.39, 0.29) is 22.6 Å². The maximum absolute atomic E-state index is 13.4. The summed E-state index contributed by atoms with van der Waals surface area (Å²) in [5.41, 5.74) is 0.134. The number of phenolic OH excluding ortho intramolecular Hbond substituents is 1. The summed E-state index contributed by atoms with van der Waals surface area (Å²) < 4.78 is 18.8. The highest BCUT2D eigenvalue weighted by molar-refractivity contribution is 6.32. The van der Waals surface area contributed by atoms with E-state index < -0.39 is 11.6 Å². The van der Waals surface area contributed by atoms with Crippen molar-refractivity contribution in [2.75, 3.05) is 20.2 Å². The summed E-state index contributed by atoms with van der Waals surface area (Å²) in [6, 6.07) is 2.28. The van der Waals surface area contributed by atoms with Crippen molar-refractivity contribution < 1.29 is 19.0 Å². The molecule has 6 heteroatoms. The lowest BCUT2D eigenvalue weighted by Gasteiger charge is -2.36. The molecule has 0 spiro atoms. The number of aromatic hydroxyl groups is 1. The highest BCUT2D eigenvalue weighted by Crippen LogP contribution is 2.29. The van der Waals surface area contributed by atoms with Gasteiger partial charge in [-0.2, -0.15) is 0 Å². The maximum atomic E-state index is 13.4. The van der Waals surface area contributed by atoms with E-state index in [2.05, 4.69) is 6.92 Å². The predicted molar refractivity (Wildman–Crippen MR) is 73.6 cm³/mol. The van der Waals surface area contributed by atoms with Gasteiger partial charge in [-0.1, -0.05) is 18.5 Å². The number of ether oxygens (including phenoxy) is 1. The number of hydrogen-bond donors (Lipinski definition) is 1. The van der Waals surface area contributed by atoms with Crippen LogP contribution in [0.2, 0.25) is 5.02 Å². The van der Waals surface area contributed by atoms with Gasteiger partial charge in [-0.15, -0.1) is 0 Å². The zero-order valence-corrected chi connectivity index (χ0v) is 12.2. The number of nitrogens with zero attached hydrogens (tertiary/aromatic N) is 1. The van der Waals surface area contributed by atoms with Crippen LogP contribution in [0, 0.1) is 11.7 Å². The van der Waals surface area contributed by atoms with E-state index in [0.29, 0.717) is 19.0 Å². The molecule has 0 saturated carbocycles. The average Bonchev–Trinajstić information content (AvgIpc) is 2.44. The molecule has 1 N–H and O–H groups in total. The van der Waals surface area contributed by atoms with Gasteiger partial charge in [-0.25, -0.2) is 4.39 Å². The van der Waals surface area contributed by atoms with Gasteiger partial charge < -0.3 is 14.7 Å². The van der Waals surface area contributed by atoms with Crippen molar-refractivity contribution in [3.05, 3.63) is 28.5 Å². The van der Waals surface area contributed by atoms with Crippen molar-refractivity contribution in [3.8, 4) is 5.75 Å². The topological polar surface area (TPSA) is 49.8 Å². The van der Waals surface area contributed by atoms with Crippen LogP contribution < -0.4 is 0 Å². The Bertz CT molecular complexity index is 500. The fourth-order valence-corrected chi connectivity index (χ4v) is 2.60. The van der Waals surface area contributed by atoms with Gasteiger partial charge in [0.1, 0.15) is 0 Å². The first-order chi connectivity index (χ1) is 9.43. The van der Waals surface area contributed by atoms with Crippen LogP contribution in [0.1, 0.15) is 23.7 Å². The molecular formula is C14H17ClFNO3. The number of carbonyl (C=O) groups is 1. The molecule has 0 radical (unpaired) electrons. The molecule has 2 rings (SSSR count). The highest BCUT2D eigenvalue weighted by Gasteiger charge is 2.29. The molecule has 0 bridgehead atoms. The summed E-state index contributed by atoms with van der Waals surface area (Å²) in [5.74, 6) is -1.45. The summed E-state index contributed by atoms with van der Waals surface area (Å²) in [7, 11) is 1.62. The quantitative estimate of drug-likeness (QED) is 0.913. The molecule has 0 aliphatic carbocycles. The Balaban J connectivity index is 2.19. The van der Waals surface area contributed by atoms with Gasteiger partial charge in [0.05, 0.1) is 11.1 Å². The molecule has 2 atom stereocenters. The van der Waals surface area contributed by atoms with Gasteiger partial charge in [0.15, 0.2) is 11.6 Å². The van der Waals surface area contributed by atoms with Crippen molar-refractivity contribution in [2.24, 2.45) is 5.92 Å². The summed E-state index contributed by atoms with van der Waals surface area (Å²) in [6.45, 7) is 3.14. The van der Waals surface area contributed by atoms with Crippen molar-refractivity contribution in [2.45, 2.75) is 19.4 Å². The van der Waals surface area contributed by atoms with Crippen LogP contribution in [-0.2, 0) is 4.74 Å². The first kappa shape index (κ1) is 15.1. The largest absolute Gasteiger partial charge is 0.504 e. The second-order valence-electron chi connectivity index (χ2n) is 5.08. The number of phenols is 1. The van der Waals surface area contributed by atoms with E-state index in [9.17, 15) is 14.3 Å². The highest BCUT2D eigenvalue weighted by atomic mass is 35.5. The van der Waals surface area contributed by atoms with Crippen LogP contribution in [0.3, 0.4) is 0 Å². The molecule has 1 aromatic carbocycles. The van der Waals surface area contributed by atoms with Crippen LogP contribution >= 0.6 is 11.6 Å². The van der Waals surface area contributed by atoms with Gasteiger partial charge in [-0.05, 0) is 24.5 Å². The van der Waals surface area contributed by atoms with Gasteiger partial charge in [0.25, 0.3) is 5.91 Å². The number of rotatable bonds is 2. The van der Waals surface area contributed by atoms with E-state index in [1.807, 2.05) is 0 Å². The van der Waals surface area contributed by atoms with Gasteiger partial charge in [-0.3, -0.25) is 4.79 Å². The Morgan fingerprint density at radius 1 is 1.55 bits per heavy atom. The average molecular weight is 302 g/mol. The Morgan fingerprint density at radius 3 is 2.85 bits per heavy atom. The number of amides is 1. The van der Waals surface area contributed by atoms with E-state index in [0.717, 1.165) is 12.5 Å². The first-order valence-corrected chi connectivity index (χ1v) is 6.82. The first-order valence-electron chi connectivity index (χ1n) is 6.44.